The van der Waals surface area contributed by atoms with E-state index in [9.17, 15) is 4.79 Å². The largest absolute Gasteiger partial charge is 0.351 e. The Bertz CT molecular complexity index is 606. The van der Waals surface area contributed by atoms with Crippen molar-refractivity contribution in [2.45, 2.75) is 17.2 Å². The Morgan fingerprint density at radius 1 is 1.16 bits per heavy atom. The zero-order valence-corrected chi connectivity index (χ0v) is 11.4. The van der Waals surface area contributed by atoms with Crippen LogP contribution in [0.1, 0.15) is 27.4 Å². The van der Waals surface area contributed by atoms with E-state index in [0.29, 0.717) is 18.0 Å². The number of amides is 1. The lowest BCUT2D eigenvalue weighted by molar-refractivity contribution is 0.0950. The molecule has 2 aromatic carbocycles. The Hall–Kier alpha value is -1.74. The summed E-state index contributed by atoms with van der Waals surface area (Å²) in [6, 6.07) is 15.7. The molecule has 2 aromatic rings. The lowest BCUT2D eigenvalue weighted by atomic mass is 9.77. The molecule has 0 radical (unpaired) electrons. The third-order valence-corrected chi connectivity index (χ3v) is 3.90. The van der Waals surface area contributed by atoms with E-state index < -0.39 is 0 Å². The van der Waals surface area contributed by atoms with Crippen molar-refractivity contribution in [2.75, 3.05) is 6.54 Å². The highest BCUT2D eigenvalue weighted by Gasteiger charge is 2.25. The van der Waals surface area contributed by atoms with Gasteiger partial charge in [-0.25, -0.2) is 0 Å². The minimum absolute atomic E-state index is 0.0160. The third-order valence-electron chi connectivity index (χ3n) is 3.60. The molecule has 3 rings (SSSR count). The molecule has 1 atom stereocenters. The SMILES string of the molecule is O=C(NCC1Cc2ccccc21)c1ccc(S)cc1. The number of rotatable bonds is 3. The molecule has 0 fully saturated rings. The van der Waals surface area contributed by atoms with E-state index in [4.69, 9.17) is 0 Å². The lowest BCUT2D eigenvalue weighted by Gasteiger charge is -2.30. The summed E-state index contributed by atoms with van der Waals surface area (Å²) >= 11 is 4.21. The van der Waals surface area contributed by atoms with E-state index >= 15 is 0 Å². The second-order valence-electron chi connectivity index (χ2n) is 4.86. The van der Waals surface area contributed by atoms with Gasteiger partial charge in [0.2, 0.25) is 0 Å². The van der Waals surface area contributed by atoms with Crippen molar-refractivity contribution >= 4 is 18.5 Å². The van der Waals surface area contributed by atoms with Crippen molar-refractivity contribution in [3.8, 4) is 0 Å². The number of thiol groups is 1. The maximum absolute atomic E-state index is 12.0. The Labute approximate surface area is 118 Å². The highest BCUT2D eigenvalue weighted by atomic mass is 32.1. The first-order valence-corrected chi connectivity index (χ1v) is 6.84. The first-order valence-electron chi connectivity index (χ1n) is 6.39. The maximum atomic E-state index is 12.0. The molecule has 19 heavy (non-hydrogen) atoms. The quantitative estimate of drug-likeness (QED) is 0.824. The average Bonchev–Trinajstić information content (AvgIpc) is 2.40. The summed E-state index contributed by atoms with van der Waals surface area (Å²) in [6.45, 7) is 0.707. The van der Waals surface area contributed by atoms with Crippen LogP contribution < -0.4 is 5.32 Å². The van der Waals surface area contributed by atoms with Gasteiger partial charge in [0.1, 0.15) is 0 Å². The predicted octanol–water partition coefficient (Wildman–Crippen LogP) is 3.05. The number of benzene rings is 2. The summed E-state index contributed by atoms with van der Waals surface area (Å²) in [5.74, 6) is 0.446. The molecule has 1 unspecified atom stereocenters. The molecule has 1 aliphatic rings. The van der Waals surface area contributed by atoms with Crippen LogP contribution in [0.4, 0.5) is 0 Å². The molecular weight excluding hydrogens is 254 g/mol. The van der Waals surface area contributed by atoms with E-state index in [2.05, 4.69) is 42.2 Å². The van der Waals surface area contributed by atoms with Crippen LogP contribution in [0.5, 0.6) is 0 Å². The Morgan fingerprint density at radius 3 is 2.63 bits per heavy atom. The molecule has 3 heteroatoms. The van der Waals surface area contributed by atoms with E-state index in [1.807, 2.05) is 12.1 Å². The molecule has 0 bridgehead atoms. The minimum atomic E-state index is -0.0160. The molecule has 1 aliphatic carbocycles. The zero-order valence-electron chi connectivity index (χ0n) is 10.5. The summed E-state index contributed by atoms with van der Waals surface area (Å²) in [4.78, 5) is 12.8. The predicted molar refractivity (Wildman–Crippen MR) is 78.9 cm³/mol. The van der Waals surface area contributed by atoms with Crippen LogP contribution in [0.25, 0.3) is 0 Å². The second kappa shape index (κ2) is 5.10. The topological polar surface area (TPSA) is 29.1 Å². The number of hydrogen-bond acceptors (Lipinski definition) is 2. The van der Waals surface area contributed by atoms with Gasteiger partial charge in [-0.3, -0.25) is 4.79 Å². The highest BCUT2D eigenvalue weighted by molar-refractivity contribution is 7.80. The van der Waals surface area contributed by atoms with Gasteiger partial charge < -0.3 is 5.32 Å². The fourth-order valence-electron chi connectivity index (χ4n) is 2.48. The number of fused-ring (bicyclic) bond motifs is 1. The number of nitrogens with one attached hydrogen (secondary N) is 1. The summed E-state index contributed by atoms with van der Waals surface area (Å²) < 4.78 is 0. The first kappa shape index (κ1) is 12.3. The summed E-state index contributed by atoms with van der Waals surface area (Å²) in [6.07, 6.45) is 1.06. The smallest absolute Gasteiger partial charge is 0.251 e. The molecule has 96 valence electrons. The average molecular weight is 269 g/mol. The molecule has 1 amide bonds. The standard InChI is InChI=1S/C16H15NOS/c18-16(11-5-7-14(19)8-6-11)17-10-13-9-12-3-1-2-4-15(12)13/h1-8,13,19H,9-10H2,(H,17,18). The highest BCUT2D eigenvalue weighted by Crippen LogP contribution is 2.33. The Balaban J connectivity index is 1.59. The Kier molecular flexibility index (Phi) is 3.30. The molecule has 1 N–H and O–H groups in total. The van der Waals surface area contributed by atoms with Gasteiger partial charge in [-0.15, -0.1) is 12.6 Å². The van der Waals surface area contributed by atoms with Gasteiger partial charge in [-0.2, -0.15) is 0 Å². The molecule has 0 saturated heterocycles. The van der Waals surface area contributed by atoms with Gasteiger partial charge in [-0.1, -0.05) is 24.3 Å². The van der Waals surface area contributed by atoms with Gasteiger partial charge in [0, 0.05) is 22.9 Å². The van der Waals surface area contributed by atoms with Crippen molar-refractivity contribution in [2.24, 2.45) is 0 Å². The minimum Gasteiger partial charge on any atom is -0.351 e. The number of carbonyl (C=O) groups is 1. The number of hydrogen-bond donors (Lipinski definition) is 2. The van der Waals surface area contributed by atoms with E-state index in [0.717, 1.165) is 11.3 Å². The van der Waals surface area contributed by atoms with Crippen LogP contribution in [0, 0.1) is 0 Å². The van der Waals surface area contributed by atoms with Crippen molar-refractivity contribution in [1.29, 1.82) is 0 Å². The molecule has 0 saturated carbocycles. The molecule has 0 heterocycles. The molecule has 2 nitrogen and oxygen atoms in total. The summed E-state index contributed by atoms with van der Waals surface area (Å²) in [5, 5.41) is 3.00. The second-order valence-corrected chi connectivity index (χ2v) is 5.37. The van der Waals surface area contributed by atoms with Crippen LogP contribution in [-0.4, -0.2) is 12.5 Å². The van der Waals surface area contributed by atoms with Crippen molar-refractivity contribution in [3.05, 3.63) is 65.2 Å². The Morgan fingerprint density at radius 2 is 1.89 bits per heavy atom. The van der Waals surface area contributed by atoms with Crippen LogP contribution in [0.3, 0.4) is 0 Å². The van der Waals surface area contributed by atoms with Crippen molar-refractivity contribution in [3.63, 3.8) is 0 Å². The normalized spacial score (nSPS) is 16.4. The fraction of sp³-hybridized carbons (Fsp3) is 0.188. The molecule has 0 aromatic heterocycles. The lowest BCUT2D eigenvalue weighted by Crippen LogP contribution is -2.33. The zero-order chi connectivity index (χ0) is 13.2. The summed E-state index contributed by atoms with van der Waals surface area (Å²) in [7, 11) is 0. The van der Waals surface area contributed by atoms with E-state index in [1.54, 1.807) is 12.1 Å². The van der Waals surface area contributed by atoms with E-state index in [1.165, 1.54) is 11.1 Å². The molecule has 0 aliphatic heterocycles. The van der Waals surface area contributed by atoms with Gasteiger partial charge >= 0.3 is 0 Å². The van der Waals surface area contributed by atoms with E-state index in [-0.39, 0.29) is 5.91 Å². The van der Waals surface area contributed by atoms with Crippen molar-refractivity contribution < 1.29 is 4.79 Å². The number of carbonyl (C=O) groups excluding carboxylic acids is 1. The maximum Gasteiger partial charge on any atom is 0.251 e. The van der Waals surface area contributed by atoms with Gasteiger partial charge in [0.05, 0.1) is 0 Å². The molecular formula is C16H15NOS. The first-order chi connectivity index (χ1) is 9.24. The van der Waals surface area contributed by atoms with Crippen LogP contribution in [0.15, 0.2) is 53.4 Å². The van der Waals surface area contributed by atoms with Gasteiger partial charge in [0.25, 0.3) is 5.91 Å². The van der Waals surface area contributed by atoms with Gasteiger partial charge in [-0.05, 0) is 41.8 Å². The van der Waals surface area contributed by atoms with Gasteiger partial charge in [0.15, 0.2) is 0 Å². The van der Waals surface area contributed by atoms with Crippen molar-refractivity contribution in [1.82, 2.24) is 5.32 Å². The fourth-order valence-corrected chi connectivity index (χ4v) is 2.62. The van der Waals surface area contributed by atoms with Crippen LogP contribution in [-0.2, 0) is 6.42 Å². The summed E-state index contributed by atoms with van der Waals surface area (Å²) in [5.41, 5.74) is 3.46. The van der Waals surface area contributed by atoms with Crippen LogP contribution >= 0.6 is 12.6 Å². The molecule has 0 spiro atoms. The van der Waals surface area contributed by atoms with Crippen LogP contribution in [0.2, 0.25) is 0 Å². The monoisotopic (exact) mass is 269 g/mol. The third kappa shape index (κ3) is 2.51.